The molecule has 0 heterocycles. The predicted octanol–water partition coefficient (Wildman–Crippen LogP) is -2.82. The van der Waals surface area contributed by atoms with E-state index >= 15 is 0 Å². The zero-order chi connectivity index (χ0) is 11.3. The molecule has 2 atom stereocenters. The summed E-state index contributed by atoms with van der Waals surface area (Å²) >= 11 is 0. The van der Waals surface area contributed by atoms with Gasteiger partial charge in [0.15, 0.2) is 0 Å². The summed E-state index contributed by atoms with van der Waals surface area (Å²) < 4.78 is 0. The maximum Gasteiger partial charge on any atom is 0.240 e. The van der Waals surface area contributed by atoms with E-state index in [2.05, 4.69) is 5.32 Å². The van der Waals surface area contributed by atoms with Gasteiger partial charge in [0.25, 0.3) is 0 Å². The first-order valence-electron chi connectivity index (χ1n) is 3.98. The van der Waals surface area contributed by atoms with Gasteiger partial charge in [0.1, 0.15) is 6.04 Å². The smallest absolute Gasteiger partial charge is 0.240 e. The highest BCUT2D eigenvalue weighted by Gasteiger charge is 2.21. The number of hydrogen-bond donors (Lipinski definition) is 4. The van der Waals surface area contributed by atoms with Crippen molar-refractivity contribution in [2.75, 3.05) is 0 Å². The molecule has 3 amide bonds. The third-order valence-electron chi connectivity index (χ3n) is 1.48. The van der Waals surface area contributed by atoms with Crippen molar-refractivity contribution in [1.29, 1.82) is 0 Å². The maximum absolute atomic E-state index is 11.0. The first-order valence-corrected chi connectivity index (χ1v) is 3.98. The Morgan fingerprint density at radius 3 is 2.07 bits per heavy atom. The molecule has 7 heteroatoms. The van der Waals surface area contributed by atoms with Crippen molar-refractivity contribution in [1.82, 2.24) is 5.32 Å². The van der Waals surface area contributed by atoms with E-state index in [0.717, 1.165) is 0 Å². The molecule has 7 N–H and O–H groups in total. The van der Waals surface area contributed by atoms with Crippen LogP contribution in [0.15, 0.2) is 0 Å². The van der Waals surface area contributed by atoms with Gasteiger partial charge in [-0.25, -0.2) is 0 Å². The highest BCUT2D eigenvalue weighted by atomic mass is 16.2. The third kappa shape index (κ3) is 4.41. The Bertz CT molecular complexity index is 251. The summed E-state index contributed by atoms with van der Waals surface area (Å²) in [7, 11) is 0. The first-order chi connectivity index (χ1) is 6.34. The molecule has 0 aromatic carbocycles. The Morgan fingerprint density at radius 2 is 1.79 bits per heavy atom. The molecule has 14 heavy (non-hydrogen) atoms. The molecular formula is C7H14N4O3. The number of amides is 3. The van der Waals surface area contributed by atoms with Crippen LogP contribution in [0.3, 0.4) is 0 Å². The topological polar surface area (TPSA) is 141 Å². The zero-order valence-electron chi connectivity index (χ0n) is 7.82. The molecule has 0 aliphatic heterocycles. The van der Waals surface area contributed by atoms with Gasteiger partial charge in [0.05, 0.1) is 12.5 Å². The lowest BCUT2D eigenvalue weighted by Crippen LogP contribution is -2.50. The van der Waals surface area contributed by atoms with Crippen molar-refractivity contribution in [3.05, 3.63) is 0 Å². The van der Waals surface area contributed by atoms with Crippen LogP contribution in [-0.2, 0) is 14.4 Å². The summed E-state index contributed by atoms with van der Waals surface area (Å²) in [6, 6.07) is -1.87. The van der Waals surface area contributed by atoms with Gasteiger partial charge in [-0.15, -0.1) is 0 Å². The number of carbonyl (C=O) groups excluding carboxylic acids is 3. The molecule has 0 aliphatic rings. The van der Waals surface area contributed by atoms with Gasteiger partial charge in [-0.3, -0.25) is 14.4 Å². The molecule has 0 rings (SSSR count). The van der Waals surface area contributed by atoms with Crippen molar-refractivity contribution in [3.63, 3.8) is 0 Å². The second-order valence-corrected chi connectivity index (χ2v) is 2.92. The van der Waals surface area contributed by atoms with E-state index in [1.54, 1.807) is 0 Å². The lowest BCUT2D eigenvalue weighted by molar-refractivity contribution is -0.129. The van der Waals surface area contributed by atoms with Gasteiger partial charge in [0, 0.05) is 0 Å². The molecule has 0 fully saturated rings. The Labute approximate surface area is 81.0 Å². The van der Waals surface area contributed by atoms with E-state index in [1.807, 2.05) is 0 Å². The van der Waals surface area contributed by atoms with Crippen LogP contribution in [0.2, 0.25) is 0 Å². The van der Waals surface area contributed by atoms with Crippen molar-refractivity contribution in [2.45, 2.75) is 25.4 Å². The number of primary amides is 2. The first kappa shape index (κ1) is 12.4. The second kappa shape index (κ2) is 5.18. The summed E-state index contributed by atoms with van der Waals surface area (Å²) in [4.78, 5) is 32.3. The van der Waals surface area contributed by atoms with Gasteiger partial charge in [-0.2, -0.15) is 0 Å². The monoisotopic (exact) mass is 202 g/mol. The van der Waals surface area contributed by atoms with E-state index in [-0.39, 0.29) is 6.42 Å². The van der Waals surface area contributed by atoms with Crippen LogP contribution < -0.4 is 22.5 Å². The third-order valence-corrected chi connectivity index (χ3v) is 1.48. The van der Waals surface area contributed by atoms with E-state index in [1.165, 1.54) is 6.92 Å². The molecule has 0 bridgehead atoms. The normalized spacial score (nSPS) is 14.1. The Balaban J connectivity index is 4.31. The van der Waals surface area contributed by atoms with E-state index in [9.17, 15) is 14.4 Å². The SMILES string of the molecule is CC(N)C(=O)NC(CC(N)=O)C(N)=O. The lowest BCUT2D eigenvalue weighted by Gasteiger charge is -2.14. The van der Waals surface area contributed by atoms with Gasteiger partial charge in [-0.05, 0) is 6.92 Å². The van der Waals surface area contributed by atoms with Crippen LogP contribution in [0.5, 0.6) is 0 Å². The highest BCUT2D eigenvalue weighted by Crippen LogP contribution is 1.91. The van der Waals surface area contributed by atoms with E-state index in [0.29, 0.717) is 0 Å². The summed E-state index contributed by atoms with van der Waals surface area (Å²) in [6.45, 7) is 1.44. The second-order valence-electron chi connectivity index (χ2n) is 2.92. The minimum absolute atomic E-state index is 0.326. The molecule has 0 aromatic rings. The Morgan fingerprint density at radius 1 is 1.29 bits per heavy atom. The molecule has 0 radical (unpaired) electrons. The number of hydrogen-bond acceptors (Lipinski definition) is 4. The summed E-state index contributed by atoms with van der Waals surface area (Å²) in [5.41, 5.74) is 15.0. The van der Waals surface area contributed by atoms with Crippen LogP contribution in [0.25, 0.3) is 0 Å². The van der Waals surface area contributed by atoms with Gasteiger partial charge in [0.2, 0.25) is 17.7 Å². The standard InChI is InChI=1S/C7H14N4O3/c1-3(8)7(14)11-4(6(10)13)2-5(9)12/h3-4H,2,8H2,1H3,(H2,9,12)(H2,10,13)(H,11,14). The molecule has 0 spiro atoms. The number of nitrogens with one attached hydrogen (secondary N) is 1. The number of rotatable bonds is 5. The molecule has 80 valence electrons. The van der Waals surface area contributed by atoms with Gasteiger partial charge in [-0.1, -0.05) is 0 Å². The van der Waals surface area contributed by atoms with E-state index < -0.39 is 29.8 Å². The molecule has 0 saturated carbocycles. The Kier molecular flexibility index (Phi) is 4.57. The van der Waals surface area contributed by atoms with Crippen LogP contribution in [0.4, 0.5) is 0 Å². The fraction of sp³-hybridized carbons (Fsp3) is 0.571. The quantitative estimate of drug-likeness (QED) is 0.381. The summed E-state index contributed by atoms with van der Waals surface area (Å²) in [6.07, 6.45) is -0.326. The molecule has 7 nitrogen and oxygen atoms in total. The lowest BCUT2D eigenvalue weighted by atomic mass is 10.1. The van der Waals surface area contributed by atoms with E-state index in [4.69, 9.17) is 17.2 Å². The van der Waals surface area contributed by atoms with Crippen molar-refractivity contribution in [3.8, 4) is 0 Å². The summed E-state index contributed by atoms with van der Waals surface area (Å²) in [5.74, 6) is -2.10. The minimum Gasteiger partial charge on any atom is -0.370 e. The van der Waals surface area contributed by atoms with Crippen molar-refractivity contribution < 1.29 is 14.4 Å². The highest BCUT2D eigenvalue weighted by molar-refractivity contribution is 5.91. The average Bonchev–Trinajstić information content (AvgIpc) is 2.01. The predicted molar refractivity (Wildman–Crippen MR) is 48.6 cm³/mol. The van der Waals surface area contributed by atoms with Crippen LogP contribution >= 0.6 is 0 Å². The fourth-order valence-corrected chi connectivity index (χ4v) is 0.727. The summed E-state index contributed by atoms with van der Waals surface area (Å²) in [5, 5.41) is 2.21. The number of nitrogens with two attached hydrogens (primary N) is 3. The molecular weight excluding hydrogens is 188 g/mol. The van der Waals surface area contributed by atoms with Crippen molar-refractivity contribution in [2.24, 2.45) is 17.2 Å². The largest absolute Gasteiger partial charge is 0.370 e. The molecule has 2 unspecified atom stereocenters. The van der Waals surface area contributed by atoms with Gasteiger partial charge >= 0.3 is 0 Å². The Hall–Kier alpha value is -1.63. The van der Waals surface area contributed by atoms with Gasteiger partial charge < -0.3 is 22.5 Å². The van der Waals surface area contributed by atoms with Crippen LogP contribution in [0.1, 0.15) is 13.3 Å². The fourth-order valence-electron chi connectivity index (χ4n) is 0.727. The molecule has 0 saturated heterocycles. The van der Waals surface area contributed by atoms with Crippen LogP contribution in [0, 0.1) is 0 Å². The number of carbonyl (C=O) groups is 3. The maximum atomic E-state index is 11.0. The average molecular weight is 202 g/mol. The van der Waals surface area contributed by atoms with Crippen LogP contribution in [-0.4, -0.2) is 29.8 Å². The molecule has 0 aromatic heterocycles. The zero-order valence-corrected chi connectivity index (χ0v) is 7.82. The minimum atomic E-state index is -1.09. The van der Waals surface area contributed by atoms with Crippen molar-refractivity contribution >= 4 is 17.7 Å². The molecule has 0 aliphatic carbocycles.